The fourth-order valence-electron chi connectivity index (χ4n) is 1.32. The number of hydrogen-bond acceptors (Lipinski definition) is 4. The number of ether oxygens (including phenoxy) is 1. The van der Waals surface area contributed by atoms with Gasteiger partial charge in [0.25, 0.3) is 0 Å². The summed E-state index contributed by atoms with van der Waals surface area (Å²) >= 11 is 0. The van der Waals surface area contributed by atoms with Crippen LogP contribution < -0.4 is 10.2 Å². The summed E-state index contributed by atoms with van der Waals surface area (Å²) in [4.78, 5) is 11.5. The lowest BCUT2D eigenvalue weighted by Crippen LogP contribution is -2.16. The molecule has 0 radical (unpaired) electrons. The Bertz CT molecular complexity index is 530. The summed E-state index contributed by atoms with van der Waals surface area (Å²) in [6, 6.07) is 10.5. The van der Waals surface area contributed by atoms with Gasteiger partial charge in [0.05, 0.1) is 19.6 Å². The van der Waals surface area contributed by atoms with E-state index in [2.05, 4.69) is 10.5 Å². The van der Waals surface area contributed by atoms with Crippen LogP contribution in [0.5, 0.6) is 5.75 Å². The van der Waals surface area contributed by atoms with Crippen LogP contribution in [0.15, 0.2) is 52.2 Å². The minimum absolute atomic E-state index is 0.224. The van der Waals surface area contributed by atoms with Gasteiger partial charge in [-0.25, -0.2) is 5.43 Å². The summed E-state index contributed by atoms with van der Waals surface area (Å²) in [7, 11) is 1.60. The van der Waals surface area contributed by atoms with Crippen molar-refractivity contribution in [1.82, 2.24) is 5.43 Å². The molecule has 0 aliphatic carbocycles. The zero-order valence-electron chi connectivity index (χ0n) is 9.79. The average molecular weight is 244 g/mol. The third kappa shape index (κ3) is 2.98. The van der Waals surface area contributed by atoms with Crippen LogP contribution in [0.25, 0.3) is 0 Å². The first-order chi connectivity index (χ1) is 8.79. The number of carbonyl (C=O) groups excluding carboxylic acids is 1. The smallest absolute Gasteiger partial charge is 0.307 e. The van der Waals surface area contributed by atoms with Crippen LogP contribution >= 0.6 is 0 Å². The second kappa shape index (κ2) is 5.67. The van der Waals surface area contributed by atoms with Gasteiger partial charge in [0.2, 0.25) is 0 Å². The fourth-order valence-corrected chi connectivity index (χ4v) is 1.32. The lowest BCUT2D eigenvalue weighted by Gasteiger charge is -1.99. The number of hydrazone groups is 1. The third-order valence-electron chi connectivity index (χ3n) is 2.24. The van der Waals surface area contributed by atoms with Gasteiger partial charge in [-0.2, -0.15) is 5.10 Å². The summed E-state index contributed by atoms with van der Waals surface area (Å²) in [5.74, 6) is 0.610. The fraction of sp³-hybridized carbons (Fsp3) is 0.0769. The minimum atomic E-state index is -0.384. The van der Waals surface area contributed by atoms with Crippen molar-refractivity contribution in [3.8, 4) is 5.75 Å². The van der Waals surface area contributed by atoms with Crippen molar-refractivity contribution in [2.45, 2.75) is 0 Å². The van der Waals surface area contributed by atoms with Crippen LogP contribution in [0.1, 0.15) is 16.1 Å². The number of benzene rings is 1. The molecule has 0 atom stereocenters. The first-order valence-electron chi connectivity index (χ1n) is 5.30. The molecule has 0 aliphatic heterocycles. The summed E-state index contributed by atoms with van der Waals surface area (Å²) in [5.41, 5.74) is 3.22. The van der Waals surface area contributed by atoms with Gasteiger partial charge in [0, 0.05) is 0 Å². The van der Waals surface area contributed by atoms with Gasteiger partial charge in [-0.15, -0.1) is 0 Å². The first kappa shape index (κ1) is 11.9. The largest absolute Gasteiger partial charge is 0.497 e. The van der Waals surface area contributed by atoms with Crippen LogP contribution in [0.3, 0.4) is 0 Å². The molecule has 1 heterocycles. The van der Waals surface area contributed by atoms with E-state index in [4.69, 9.17) is 9.15 Å². The number of hydrogen-bond donors (Lipinski definition) is 1. The van der Waals surface area contributed by atoms with Crippen molar-refractivity contribution in [3.63, 3.8) is 0 Å². The van der Waals surface area contributed by atoms with E-state index in [0.717, 1.165) is 11.3 Å². The number of rotatable bonds is 4. The van der Waals surface area contributed by atoms with Gasteiger partial charge >= 0.3 is 5.91 Å². The number of amides is 1. The van der Waals surface area contributed by atoms with E-state index in [-0.39, 0.29) is 11.7 Å². The molecule has 5 heteroatoms. The van der Waals surface area contributed by atoms with Gasteiger partial charge < -0.3 is 9.15 Å². The zero-order valence-corrected chi connectivity index (χ0v) is 9.79. The second-order valence-electron chi connectivity index (χ2n) is 3.45. The van der Waals surface area contributed by atoms with Crippen molar-refractivity contribution < 1.29 is 13.9 Å². The summed E-state index contributed by atoms with van der Waals surface area (Å²) in [6.07, 6.45) is 2.97. The number of nitrogens with one attached hydrogen (secondary N) is 1. The molecule has 1 aromatic heterocycles. The Morgan fingerprint density at radius 2 is 2.11 bits per heavy atom. The lowest BCUT2D eigenvalue weighted by molar-refractivity contribution is 0.0927. The Labute approximate surface area is 104 Å². The highest BCUT2D eigenvalue weighted by molar-refractivity contribution is 5.92. The minimum Gasteiger partial charge on any atom is -0.497 e. The Morgan fingerprint density at radius 1 is 1.33 bits per heavy atom. The maximum Gasteiger partial charge on any atom is 0.307 e. The Kier molecular flexibility index (Phi) is 3.76. The van der Waals surface area contributed by atoms with E-state index in [9.17, 15) is 4.79 Å². The monoisotopic (exact) mass is 244 g/mol. The molecule has 0 saturated carbocycles. The number of methoxy groups -OCH3 is 1. The Balaban J connectivity index is 1.93. The number of carbonyl (C=O) groups is 1. The van der Waals surface area contributed by atoms with Gasteiger partial charge in [0.15, 0.2) is 5.76 Å². The van der Waals surface area contributed by atoms with Gasteiger partial charge in [-0.05, 0) is 42.0 Å². The van der Waals surface area contributed by atoms with Gasteiger partial charge in [0.1, 0.15) is 5.75 Å². The summed E-state index contributed by atoms with van der Waals surface area (Å²) in [5, 5.41) is 3.83. The van der Waals surface area contributed by atoms with Crippen LogP contribution in [0.2, 0.25) is 0 Å². The molecule has 5 nitrogen and oxygen atoms in total. The summed E-state index contributed by atoms with van der Waals surface area (Å²) < 4.78 is 9.96. The Morgan fingerprint density at radius 3 is 2.72 bits per heavy atom. The van der Waals surface area contributed by atoms with E-state index >= 15 is 0 Å². The van der Waals surface area contributed by atoms with E-state index in [1.165, 1.54) is 6.26 Å². The highest BCUT2D eigenvalue weighted by atomic mass is 16.5. The molecular weight excluding hydrogens is 232 g/mol. The van der Waals surface area contributed by atoms with Crippen molar-refractivity contribution >= 4 is 12.1 Å². The maximum absolute atomic E-state index is 11.5. The number of nitrogens with zero attached hydrogens (tertiary/aromatic N) is 1. The molecular formula is C13H12N2O3. The normalized spacial score (nSPS) is 10.5. The van der Waals surface area contributed by atoms with Gasteiger partial charge in [-0.3, -0.25) is 4.79 Å². The summed E-state index contributed by atoms with van der Waals surface area (Å²) in [6.45, 7) is 0. The highest BCUT2D eigenvalue weighted by Crippen LogP contribution is 2.09. The predicted octanol–water partition coefficient (Wildman–Crippen LogP) is 2.05. The van der Waals surface area contributed by atoms with Crippen molar-refractivity contribution in [3.05, 3.63) is 54.0 Å². The molecule has 18 heavy (non-hydrogen) atoms. The molecule has 0 unspecified atom stereocenters. The second-order valence-corrected chi connectivity index (χ2v) is 3.45. The molecule has 1 N–H and O–H groups in total. The van der Waals surface area contributed by atoms with Crippen LogP contribution in [-0.4, -0.2) is 19.2 Å². The first-order valence-corrected chi connectivity index (χ1v) is 5.30. The highest BCUT2D eigenvalue weighted by Gasteiger charge is 2.05. The van der Waals surface area contributed by atoms with E-state index < -0.39 is 0 Å². The molecule has 0 saturated heterocycles. The van der Waals surface area contributed by atoms with Crippen LogP contribution in [0.4, 0.5) is 0 Å². The van der Waals surface area contributed by atoms with E-state index in [1.54, 1.807) is 25.5 Å². The SMILES string of the molecule is COc1ccc(/C=N/NC(=O)c2ccco2)cc1. The molecule has 0 spiro atoms. The molecule has 0 aliphatic rings. The van der Waals surface area contributed by atoms with E-state index in [0.29, 0.717) is 0 Å². The molecule has 0 bridgehead atoms. The lowest BCUT2D eigenvalue weighted by atomic mass is 10.2. The molecule has 2 rings (SSSR count). The molecule has 2 aromatic rings. The number of furan rings is 1. The standard InChI is InChI=1S/C13H12N2O3/c1-17-11-6-4-10(5-7-11)9-14-15-13(16)12-3-2-8-18-12/h2-9H,1H3,(H,15,16)/b14-9+. The van der Waals surface area contributed by atoms with Crippen molar-refractivity contribution in [1.29, 1.82) is 0 Å². The van der Waals surface area contributed by atoms with Gasteiger partial charge in [-0.1, -0.05) is 0 Å². The average Bonchev–Trinajstić information content (AvgIpc) is 2.93. The molecule has 1 aromatic carbocycles. The van der Waals surface area contributed by atoms with Crippen molar-refractivity contribution in [2.24, 2.45) is 5.10 Å². The van der Waals surface area contributed by atoms with E-state index in [1.807, 2.05) is 24.3 Å². The van der Waals surface area contributed by atoms with Crippen LogP contribution in [0, 0.1) is 0 Å². The molecule has 0 fully saturated rings. The predicted molar refractivity (Wildman–Crippen MR) is 66.8 cm³/mol. The topological polar surface area (TPSA) is 63.8 Å². The Hall–Kier alpha value is -2.56. The quantitative estimate of drug-likeness (QED) is 0.661. The molecule has 92 valence electrons. The third-order valence-corrected chi connectivity index (χ3v) is 2.24. The maximum atomic E-state index is 11.5. The zero-order chi connectivity index (χ0) is 12.8. The van der Waals surface area contributed by atoms with Crippen molar-refractivity contribution in [2.75, 3.05) is 7.11 Å². The molecule has 1 amide bonds. The van der Waals surface area contributed by atoms with Crippen LogP contribution in [-0.2, 0) is 0 Å².